The summed E-state index contributed by atoms with van der Waals surface area (Å²) in [7, 11) is 2.15. The molecule has 2 heterocycles. The Balaban J connectivity index is 1.43. The molecule has 0 aliphatic carbocycles. The Hall–Kier alpha value is -1.57. The fourth-order valence-corrected chi connectivity index (χ4v) is 4.46. The lowest BCUT2D eigenvalue weighted by atomic mass is 10.1. The summed E-state index contributed by atoms with van der Waals surface area (Å²) in [5, 5.41) is 3.03. The van der Waals surface area contributed by atoms with E-state index in [1.807, 2.05) is 18.2 Å². The third-order valence-electron chi connectivity index (χ3n) is 5.01. The van der Waals surface area contributed by atoms with Gasteiger partial charge in [-0.3, -0.25) is 9.59 Å². The second-order valence-corrected chi connectivity index (χ2v) is 7.95. The maximum atomic E-state index is 12.6. The molecule has 1 aromatic rings. The minimum absolute atomic E-state index is 0.0299. The van der Waals surface area contributed by atoms with Crippen LogP contribution in [0, 0.1) is 0 Å². The molecule has 0 unspecified atom stereocenters. The molecule has 2 aliphatic heterocycles. The maximum absolute atomic E-state index is 12.6. The number of thioether (sulfide) groups is 1. The van der Waals surface area contributed by atoms with Crippen LogP contribution in [-0.4, -0.2) is 90.5 Å². The highest BCUT2D eigenvalue weighted by atomic mass is 32.2. The number of benzene rings is 1. The third-order valence-corrected chi connectivity index (χ3v) is 6.02. The van der Waals surface area contributed by atoms with Crippen molar-refractivity contribution in [2.24, 2.45) is 0 Å². The molecule has 142 valence electrons. The average Bonchev–Trinajstić information content (AvgIpc) is 3.16. The van der Waals surface area contributed by atoms with Crippen molar-refractivity contribution in [1.29, 1.82) is 0 Å². The van der Waals surface area contributed by atoms with Crippen molar-refractivity contribution in [3.8, 4) is 0 Å². The van der Waals surface area contributed by atoms with Gasteiger partial charge in [0.05, 0.1) is 5.88 Å². The fraction of sp³-hybridized carbons (Fsp3) is 0.579. The highest BCUT2D eigenvalue weighted by Gasteiger charge is 2.34. The van der Waals surface area contributed by atoms with E-state index in [4.69, 9.17) is 0 Å². The topological polar surface area (TPSA) is 55.9 Å². The van der Waals surface area contributed by atoms with Crippen molar-refractivity contribution in [1.82, 2.24) is 20.0 Å². The highest BCUT2D eigenvalue weighted by Crippen LogP contribution is 2.23. The number of nitrogens with one attached hydrogen (secondary N) is 1. The van der Waals surface area contributed by atoms with E-state index in [9.17, 15) is 9.59 Å². The minimum atomic E-state index is -0.364. The Morgan fingerprint density at radius 1 is 1.15 bits per heavy atom. The molecule has 7 heteroatoms. The predicted octanol–water partition coefficient (Wildman–Crippen LogP) is 0.955. The van der Waals surface area contributed by atoms with Crippen molar-refractivity contribution < 1.29 is 9.59 Å². The van der Waals surface area contributed by atoms with Gasteiger partial charge in [0.1, 0.15) is 6.04 Å². The van der Waals surface area contributed by atoms with Crippen LogP contribution in [0.4, 0.5) is 0 Å². The molecule has 1 N–H and O–H groups in total. The van der Waals surface area contributed by atoms with E-state index < -0.39 is 0 Å². The smallest absolute Gasteiger partial charge is 0.255 e. The molecule has 0 saturated carbocycles. The molecule has 2 aliphatic rings. The summed E-state index contributed by atoms with van der Waals surface area (Å²) in [6.07, 6.45) is 0.946. The molecule has 0 spiro atoms. The van der Waals surface area contributed by atoms with Gasteiger partial charge in [0.2, 0.25) is 5.91 Å². The fourth-order valence-electron chi connectivity index (χ4n) is 3.31. The van der Waals surface area contributed by atoms with Crippen LogP contribution in [0.5, 0.6) is 0 Å². The van der Waals surface area contributed by atoms with E-state index in [1.54, 1.807) is 28.8 Å². The maximum Gasteiger partial charge on any atom is 0.255 e. The number of nitrogens with zero attached hydrogens (tertiary/aromatic N) is 3. The van der Waals surface area contributed by atoms with Gasteiger partial charge in [-0.25, -0.2) is 0 Å². The Bertz CT molecular complexity index is 605. The van der Waals surface area contributed by atoms with Gasteiger partial charge in [0, 0.05) is 44.0 Å². The summed E-state index contributed by atoms with van der Waals surface area (Å²) in [5.74, 6) is 1.15. The molecule has 1 aromatic carbocycles. The van der Waals surface area contributed by atoms with Crippen LogP contribution in [-0.2, 0) is 4.79 Å². The third kappa shape index (κ3) is 4.99. The predicted molar refractivity (Wildman–Crippen MR) is 105 cm³/mol. The van der Waals surface area contributed by atoms with Gasteiger partial charge < -0.3 is 20.0 Å². The molecule has 1 atom stereocenters. The van der Waals surface area contributed by atoms with Crippen LogP contribution in [0.1, 0.15) is 16.8 Å². The zero-order valence-corrected chi connectivity index (χ0v) is 16.2. The summed E-state index contributed by atoms with van der Waals surface area (Å²) in [6, 6.07) is 8.83. The number of carbonyl (C=O) groups is 2. The first-order valence-corrected chi connectivity index (χ1v) is 10.4. The molecule has 2 fully saturated rings. The Morgan fingerprint density at radius 3 is 2.62 bits per heavy atom. The molecule has 2 amide bonds. The van der Waals surface area contributed by atoms with Crippen LogP contribution in [0.3, 0.4) is 0 Å². The van der Waals surface area contributed by atoms with Gasteiger partial charge in [-0.1, -0.05) is 18.2 Å². The van der Waals surface area contributed by atoms with E-state index >= 15 is 0 Å². The van der Waals surface area contributed by atoms with E-state index in [0.29, 0.717) is 23.7 Å². The van der Waals surface area contributed by atoms with Gasteiger partial charge in [-0.2, -0.15) is 0 Å². The zero-order chi connectivity index (χ0) is 18.4. The van der Waals surface area contributed by atoms with E-state index in [0.717, 1.165) is 39.1 Å². The number of piperazine rings is 1. The average molecular weight is 377 g/mol. The van der Waals surface area contributed by atoms with Crippen LogP contribution in [0.15, 0.2) is 30.3 Å². The number of amides is 2. The minimum Gasteiger partial charge on any atom is -0.354 e. The van der Waals surface area contributed by atoms with Gasteiger partial charge >= 0.3 is 0 Å². The first-order valence-electron chi connectivity index (χ1n) is 9.27. The van der Waals surface area contributed by atoms with Crippen molar-refractivity contribution >= 4 is 23.6 Å². The standard InChI is InChI=1S/C19H28N4O2S/c1-21-10-12-22(13-11-21)9-5-8-20-18(24)17-14-26-15-23(17)19(25)16-6-3-2-4-7-16/h2-4,6-7,17H,5,8-15H2,1H3,(H,20,24)/t17-/m0/s1. The lowest BCUT2D eigenvalue weighted by Gasteiger charge is -2.32. The highest BCUT2D eigenvalue weighted by molar-refractivity contribution is 7.99. The molecule has 0 aromatic heterocycles. The molecule has 6 nitrogen and oxygen atoms in total. The SMILES string of the molecule is CN1CCN(CCCNC(=O)[C@@H]2CSCN2C(=O)c2ccccc2)CC1. The summed E-state index contributed by atoms with van der Waals surface area (Å²) >= 11 is 1.64. The quantitative estimate of drug-likeness (QED) is 0.750. The summed E-state index contributed by atoms with van der Waals surface area (Å²) in [6.45, 7) is 6.11. The summed E-state index contributed by atoms with van der Waals surface area (Å²) in [5.41, 5.74) is 0.642. The monoisotopic (exact) mass is 376 g/mol. The molecule has 0 radical (unpaired) electrons. The largest absolute Gasteiger partial charge is 0.354 e. The number of carbonyl (C=O) groups excluding carboxylic acids is 2. The number of rotatable bonds is 6. The zero-order valence-electron chi connectivity index (χ0n) is 15.4. The van der Waals surface area contributed by atoms with E-state index in [2.05, 4.69) is 22.2 Å². The lowest BCUT2D eigenvalue weighted by molar-refractivity contribution is -0.124. The lowest BCUT2D eigenvalue weighted by Crippen LogP contribution is -2.48. The van der Waals surface area contributed by atoms with E-state index in [-0.39, 0.29) is 17.9 Å². The van der Waals surface area contributed by atoms with Gasteiger partial charge in [0.15, 0.2) is 0 Å². The van der Waals surface area contributed by atoms with Crippen LogP contribution in [0.2, 0.25) is 0 Å². The van der Waals surface area contributed by atoms with Crippen molar-refractivity contribution in [2.45, 2.75) is 12.5 Å². The number of hydrogen-bond acceptors (Lipinski definition) is 5. The Labute approximate surface area is 159 Å². The number of likely N-dealkylation sites (N-methyl/N-ethyl adjacent to an activating group) is 1. The summed E-state index contributed by atoms with van der Waals surface area (Å²) < 4.78 is 0. The first kappa shape index (κ1) is 19.2. The van der Waals surface area contributed by atoms with Crippen LogP contribution >= 0.6 is 11.8 Å². The van der Waals surface area contributed by atoms with Crippen LogP contribution < -0.4 is 5.32 Å². The number of hydrogen-bond donors (Lipinski definition) is 1. The molecule has 26 heavy (non-hydrogen) atoms. The normalized spacial score (nSPS) is 21.7. The molecule has 0 bridgehead atoms. The van der Waals surface area contributed by atoms with Gasteiger partial charge in [-0.05, 0) is 32.1 Å². The van der Waals surface area contributed by atoms with Crippen molar-refractivity contribution in [3.63, 3.8) is 0 Å². The van der Waals surface area contributed by atoms with Crippen molar-refractivity contribution in [3.05, 3.63) is 35.9 Å². The van der Waals surface area contributed by atoms with Crippen LogP contribution in [0.25, 0.3) is 0 Å². The second-order valence-electron chi connectivity index (χ2n) is 6.95. The van der Waals surface area contributed by atoms with Gasteiger partial charge in [-0.15, -0.1) is 11.8 Å². The Morgan fingerprint density at radius 2 is 1.88 bits per heavy atom. The second kappa shape index (κ2) is 9.39. The molecular weight excluding hydrogens is 348 g/mol. The van der Waals surface area contributed by atoms with E-state index in [1.165, 1.54) is 0 Å². The summed E-state index contributed by atoms with van der Waals surface area (Å²) in [4.78, 5) is 31.7. The molecule has 2 saturated heterocycles. The van der Waals surface area contributed by atoms with Gasteiger partial charge in [0.25, 0.3) is 5.91 Å². The van der Waals surface area contributed by atoms with Crippen molar-refractivity contribution in [2.75, 3.05) is 57.9 Å². The first-order chi connectivity index (χ1) is 12.6. The molecular formula is C19H28N4O2S. The Kier molecular flexibility index (Phi) is 6.93. The molecule has 3 rings (SSSR count).